The molecule has 4 heteroatoms. The van der Waals surface area contributed by atoms with E-state index in [-0.39, 0.29) is 5.91 Å². The number of carbonyl (C=O) groups excluding carboxylic acids is 2. The molecule has 0 fully saturated rings. The molecule has 0 saturated heterocycles. The van der Waals surface area contributed by atoms with Gasteiger partial charge in [0.25, 0.3) is 0 Å². The fourth-order valence-corrected chi connectivity index (χ4v) is 1.83. The van der Waals surface area contributed by atoms with Gasteiger partial charge < -0.3 is 11.1 Å². The Balaban J connectivity index is 0.00000135. The Labute approximate surface area is 134 Å². The summed E-state index contributed by atoms with van der Waals surface area (Å²) in [6, 6.07) is 6.60. The van der Waals surface area contributed by atoms with Gasteiger partial charge in [-0.25, -0.2) is 0 Å². The van der Waals surface area contributed by atoms with E-state index in [2.05, 4.69) is 26.1 Å². The van der Waals surface area contributed by atoms with Gasteiger partial charge in [-0.05, 0) is 30.7 Å². The third kappa shape index (κ3) is 9.97. The molecule has 0 heterocycles. The Morgan fingerprint density at radius 3 is 2.00 bits per heavy atom. The molecule has 4 nitrogen and oxygen atoms in total. The van der Waals surface area contributed by atoms with E-state index in [4.69, 9.17) is 5.73 Å². The topological polar surface area (TPSA) is 72.2 Å². The number of rotatable bonds is 8. The van der Waals surface area contributed by atoms with E-state index in [1.165, 1.54) is 25.7 Å². The van der Waals surface area contributed by atoms with Crippen LogP contribution in [-0.4, -0.2) is 11.8 Å². The van der Waals surface area contributed by atoms with Crippen molar-refractivity contribution < 1.29 is 9.59 Å². The van der Waals surface area contributed by atoms with Crippen molar-refractivity contribution >= 4 is 17.5 Å². The molecular weight excluding hydrogens is 276 g/mol. The van der Waals surface area contributed by atoms with Crippen molar-refractivity contribution in [2.75, 3.05) is 5.32 Å². The van der Waals surface area contributed by atoms with Crippen LogP contribution in [0.15, 0.2) is 24.3 Å². The van der Waals surface area contributed by atoms with Crippen LogP contribution in [0.3, 0.4) is 0 Å². The van der Waals surface area contributed by atoms with E-state index in [9.17, 15) is 9.59 Å². The highest BCUT2D eigenvalue weighted by atomic mass is 16.1. The molecule has 1 aromatic carbocycles. The van der Waals surface area contributed by atoms with E-state index < -0.39 is 5.91 Å². The first kappa shape index (κ1) is 20.2. The van der Waals surface area contributed by atoms with E-state index in [1.807, 2.05) is 0 Å². The number of hydrogen-bond donors (Lipinski definition) is 2. The zero-order chi connectivity index (χ0) is 16.8. The summed E-state index contributed by atoms with van der Waals surface area (Å²) < 4.78 is 0. The highest BCUT2D eigenvalue weighted by Crippen LogP contribution is 2.11. The Morgan fingerprint density at radius 2 is 1.50 bits per heavy atom. The molecule has 124 valence electrons. The number of nitrogens with two attached hydrogens (primary N) is 1. The molecule has 0 unspecified atom stereocenters. The lowest BCUT2D eigenvalue weighted by atomic mass is 10.1. The zero-order valence-corrected chi connectivity index (χ0v) is 14.2. The number of nitrogens with one attached hydrogen (secondary N) is 1. The number of anilines is 1. The van der Waals surface area contributed by atoms with Gasteiger partial charge in [0.05, 0.1) is 0 Å². The van der Waals surface area contributed by atoms with Crippen LogP contribution in [0.2, 0.25) is 0 Å². The van der Waals surface area contributed by atoms with Gasteiger partial charge in [-0.1, -0.05) is 52.9 Å². The molecule has 1 aromatic rings. The molecule has 3 N–H and O–H groups in total. The predicted octanol–water partition coefficient (Wildman–Crippen LogP) is 4.50. The van der Waals surface area contributed by atoms with Gasteiger partial charge in [0.15, 0.2) is 0 Å². The third-order valence-electron chi connectivity index (χ3n) is 2.96. The zero-order valence-electron chi connectivity index (χ0n) is 14.2. The second-order valence-corrected chi connectivity index (χ2v) is 5.36. The van der Waals surface area contributed by atoms with Crippen LogP contribution in [0.4, 0.5) is 5.69 Å². The van der Waals surface area contributed by atoms with Gasteiger partial charge >= 0.3 is 0 Å². The van der Waals surface area contributed by atoms with Crippen LogP contribution in [0, 0.1) is 0 Å². The average Bonchev–Trinajstić information content (AvgIpc) is 2.48. The number of hydrogen-bond acceptors (Lipinski definition) is 2. The van der Waals surface area contributed by atoms with Crippen molar-refractivity contribution in [3.05, 3.63) is 29.8 Å². The molecule has 0 aliphatic carbocycles. The number of primary amides is 1. The van der Waals surface area contributed by atoms with Crippen molar-refractivity contribution in [2.24, 2.45) is 5.73 Å². The van der Waals surface area contributed by atoms with Gasteiger partial charge in [0, 0.05) is 17.7 Å². The van der Waals surface area contributed by atoms with Gasteiger partial charge in [-0.3, -0.25) is 9.59 Å². The van der Waals surface area contributed by atoms with Crippen molar-refractivity contribution in [1.29, 1.82) is 0 Å². The molecular formula is C18H30N2O2. The first-order valence-corrected chi connectivity index (χ1v) is 8.24. The Hall–Kier alpha value is -1.84. The molecule has 0 aliphatic heterocycles. The highest BCUT2D eigenvalue weighted by molar-refractivity contribution is 5.94. The quantitative estimate of drug-likeness (QED) is 0.694. The van der Waals surface area contributed by atoms with Crippen molar-refractivity contribution in [2.45, 2.75) is 65.7 Å². The number of unbranched alkanes of at least 4 members (excludes halogenated alkanes) is 4. The van der Waals surface area contributed by atoms with Gasteiger partial charge in [0.1, 0.15) is 0 Å². The lowest BCUT2D eigenvalue weighted by molar-refractivity contribution is -0.116. The molecule has 0 aromatic heterocycles. The molecule has 0 atom stereocenters. The molecule has 0 spiro atoms. The summed E-state index contributed by atoms with van der Waals surface area (Å²) in [5, 5.41) is 2.81. The summed E-state index contributed by atoms with van der Waals surface area (Å²) >= 11 is 0. The normalized spacial score (nSPS) is 9.59. The first-order chi connectivity index (χ1) is 10.5. The Bertz CT molecular complexity index is 427. The molecule has 1 rings (SSSR count). The summed E-state index contributed by atoms with van der Waals surface area (Å²) in [5.41, 5.74) is 6.28. The average molecular weight is 306 g/mol. The van der Waals surface area contributed by atoms with Crippen molar-refractivity contribution in [3.8, 4) is 0 Å². The standard InChI is InChI=1S/C15H22N2O2.C3H8/c1-2-3-4-5-6-7-14(18)17-13-10-8-12(9-11-13)15(16)19;1-3-2/h8-11H,2-7H2,1H3,(H2,16,19)(H,17,18);3H2,1-2H3. The van der Waals surface area contributed by atoms with Crippen LogP contribution in [0.1, 0.15) is 76.1 Å². The molecule has 0 bridgehead atoms. The van der Waals surface area contributed by atoms with E-state index in [1.54, 1.807) is 24.3 Å². The van der Waals surface area contributed by atoms with Gasteiger partial charge in [-0.15, -0.1) is 0 Å². The van der Waals surface area contributed by atoms with E-state index in [0.717, 1.165) is 12.8 Å². The maximum Gasteiger partial charge on any atom is 0.248 e. The molecule has 0 saturated carbocycles. The SMILES string of the molecule is CCC.CCCCCCCC(=O)Nc1ccc(C(N)=O)cc1. The second kappa shape index (κ2) is 12.9. The van der Waals surface area contributed by atoms with Crippen LogP contribution in [0.5, 0.6) is 0 Å². The lowest BCUT2D eigenvalue weighted by Crippen LogP contribution is -2.13. The number of amides is 2. The van der Waals surface area contributed by atoms with Gasteiger partial charge in [0.2, 0.25) is 11.8 Å². The minimum atomic E-state index is -0.464. The van der Waals surface area contributed by atoms with Crippen LogP contribution < -0.4 is 11.1 Å². The maximum atomic E-state index is 11.7. The summed E-state index contributed by atoms with van der Waals surface area (Å²) in [5.74, 6) is -0.447. The smallest absolute Gasteiger partial charge is 0.248 e. The highest BCUT2D eigenvalue weighted by Gasteiger charge is 2.03. The fraction of sp³-hybridized carbons (Fsp3) is 0.556. The lowest BCUT2D eigenvalue weighted by Gasteiger charge is -2.05. The van der Waals surface area contributed by atoms with Gasteiger partial charge in [-0.2, -0.15) is 0 Å². The third-order valence-corrected chi connectivity index (χ3v) is 2.96. The van der Waals surface area contributed by atoms with Crippen LogP contribution in [0.25, 0.3) is 0 Å². The predicted molar refractivity (Wildman–Crippen MR) is 92.9 cm³/mol. The summed E-state index contributed by atoms with van der Waals surface area (Å²) in [6.45, 7) is 6.42. The molecule has 2 amide bonds. The second-order valence-electron chi connectivity index (χ2n) is 5.36. The largest absolute Gasteiger partial charge is 0.366 e. The van der Waals surface area contributed by atoms with E-state index >= 15 is 0 Å². The van der Waals surface area contributed by atoms with Crippen molar-refractivity contribution in [3.63, 3.8) is 0 Å². The number of benzene rings is 1. The summed E-state index contributed by atoms with van der Waals surface area (Å²) in [6.07, 6.45) is 7.44. The molecule has 0 aliphatic rings. The van der Waals surface area contributed by atoms with E-state index in [0.29, 0.717) is 17.7 Å². The number of carbonyl (C=O) groups is 2. The first-order valence-electron chi connectivity index (χ1n) is 8.24. The Morgan fingerprint density at radius 1 is 0.955 bits per heavy atom. The minimum Gasteiger partial charge on any atom is -0.366 e. The van der Waals surface area contributed by atoms with Crippen LogP contribution in [-0.2, 0) is 4.79 Å². The van der Waals surface area contributed by atoms with Crippen LogP contribution >= 0.6 is 0 Å². The molecule has 22 heavy (non-hydrogen) atoms. The summed E-state index contributed by atoms with van der Waals surface area (Å²) in [4.78, 5) is 22.6. The van der Waals surface area contributed by atoms with Crippen molar-refractivity contribution in [1.82, 2.24) is 0 Å². The molecule has 0 radical (unpaired) electrons. The summed E-state index contributed by atoms with van der Waals surface area (Å²) in [7, 11) is 0. The maximum absolute atomic E-state index is 11.7. The monoisotopic (exact) mass is 306 g/mol. The minimum absolute atomic E-state index is 0.0170. The fourth-order valence-electron chi connectivity index (χ4n) is 1.83. The Kier molecular flexibility index (Phi) is 11.8.